The van der Waals surface area contributed by atoms with Crippen molar-refractivity contribution in [1.29, 1.82) is 0 Å². The van der Waals surface area contributed by atoms with E-state index in [1.165, 1.54) is 0 Å². The number of aryl methyl sites for hydroxylation is 1. The lowest BCUT2D eigenvalue weighted by atomic mass is 10.1. The van der Waals surface area contributed by atoms with Crippen molar-refractivity contribution in [3.63, 3.8) is 0 Å². The maximum Gasteiger partial charge on any atom is 0.258 e. The first-order valence-electron chi connectivity index (χ1n) is 5.53. The van der Waals surface area contributed by atoms with Crippen LogP contribution in [0.25, 0.3) is 0 Å². The molecule has 1 aromatic rings. The number of carbonyl (C=O) groups is 1. The Morgan fingerprint density at radius 3 is 2.81 bits per heavy atom. The lowest BCUT2D eigenvalue weighted by Gasteiger charge is -2.37. The first-order chi connectivity index (χ1) is 7.50. The van der Waals surface area contributed by atoms with E-state index in [2.05, 4.69) is 0 Å². The Bertz CT molecular complexity index is 412. The summed E-state index contributed by atoms with van der Waals surface area (Å²) in [5.74, 6) is 0.0318. The minimum absolute atomic E-state index is 0.0318. The molecule has 1 aromatic carbocycles. The third kappa shape index (κ3) is 1.95. The zero-order valence-corrected chi connectivity index (χ0v) is 9.99. The Morgan fingerprint density at radius 1 is 1.38 bits per heavy atom. The fraction of sp³-hybridized carbons (Fsp3) is 0.462. The van der Waals surface area contributed by atoms with Crippen LogP contribution in [0.15, 0.2) is 24.3 Å². The highest BCUT2D eigenvalue weighted by atomic mass is 16.5. The SMILES string of the molecule is Cc1cccc(N2CCOC(C)(C)C2=O)c1. The smallest absolute Gasteiger partial charge is 0.258 e. The number of ether oxygens (including phenoxy) is 1. The number of hydrogen-bond donors (Lipinski definition) is 0. The van der Waals surface area contributed by atoms with Crippen LogP contribution in [0.5, 0.6) is 0 Å². The molecule has 0 aliphatic carbocycles. The molecule has 2 rings (SSSR count). The Morgan fingerprint density at radius 2 is 2.12 bits per heavy atom. The topological polar surface area (TPSA) is 29.5 Å². The van der Waals surface area contributed by atoms with Crippen molar-refractivity contribution in [1.82, 2.24) is 0 Å². The number of nitrogens with zero attached hydrogens (tertiary/aromatic N) is 1. The highest BCUT2D eigenvalue weighted by Gasteiger charge is 2.37. The largest absolute Gasteiger partial charge is 0.364 e. The molecular formula is C13H17NO2. The summed E-state index contributed by atoms with van der Waals surface area (Å²) in [4.78, 5) is 14.0. The van der Waals surface area contributed by atoms with E-state index in [-0.39, 0.29) is 5.91 Å². The standard InChI is InChI=1S/C13H17NO2/c1-10-5-4-6-11(9-10)14-7-8-16-13(2,3)12(14)15/h4-6,9H,7-8H2,1-3H3. The molecule has 1 amide bonds. The van der Waals surface area contributed by atoms with Gasteiger partial charge in [-0.3, -0.25) is 4.79 Å². The lowest BCUT2D eigenvalue weighted by molar-refractivity contribution is -0.144. The van der Waals surface area contributed by atoms with E-state index in [0.29, 0.717) is 13.2 Å². The van der Waals surface area contributed by atoms with Crippen molar-refractivity contribution in [2.24, 2.45) is 0 Å². The van der Waals surface area contributed by atoms with Crippen molar-refractivity contribution in [3.05, 3.63) is 29.8 Å². The Hall–Kier alpha value is -1.35. The first-order valence-corrected chi connectivity index (χ1v) is 5.53. The number of amides is 1. The second-order valence-corrected chi connectivity index (χ2v) is 4.65. The van der Waals surface area contributed by atoms with E-state index < -0.39 is 5.60 Å². The summed E-state index contributed by atoms with van der Waals surface area (Å²) in [5, 5.41) is 0. The summed E-state index contributed by atoms with van der Waals surface area (Å²) in [7, 11) is 0. The van der Waals surface area contributed by atoms with Gasteiger partial charge in [0.25, 0.3) is 5.91 Å². The van der Waals surface area contributed by atoms with E-state index in [1.54, 1.807) is 4.90 Å². The molecule has 1 saturated heterocycles. The molecule has 86 valence electrons. The summed E-state index contributed by atoms with van der Waals surface area (Å²) in [6.07, 6.45) is 0. The van der Waals surface area contributed by atoms with Gasteiger partial charge in [-0.25, -0.2) is 0 Å². The van der Waals surface area contributed by atoms with Crippen LogP contribution < -0.4 is 4.90 Å². The maximum atomic E-state index is 12.2. The average Bonchev–Trinajstić information content (AvgIpc) is 2.22. The summed E-state index contributed by atoms with van der Waals surface area (Å²) >= 11 is 0. The van der Waals surface area contributed by atoms with Crippen LogP contribution in [0.2, 0.25) is 0 Å². The normalized spacial score (nSPS) is 19.9. The molecule has 1 fully saturated rings. The van der Waals surface area contributed by atoms with Crippen LogP contribution in [0, 0.1) is 6.92 Å². The summed E-state index contributed by atoms with van der Waals surface area (Å²) in [6.45, 7) is 6.88. The van der Waals surface area contributed by atoms with E-state index in [0.717, 1.165) is 11.3 Å². The van der Waals surface area contributed by atoms with Crippen molar-refractivity contribution in [2.75, 3.05) is 18.1 Å². The number of rotatable bonds is 1. The molecule has 0 radical (unpaired) electrons. The maximum absolute atomic E-state index is 12.2. The lowest BCUT2D eigenvalue weighted by Crippen LogP contribution is -2.53. The van der Waals surface area contributed by atoms with Gasteiger partial charge < -0.3 is 9.64 Å². The van der Waals surface area contributed by atoms with Gasteiger partial charge in [0.2, 0.25) is 0 Å². The Balaban J connectivity index is 2.31. The fourth-order valence-corrected chi connectivity index (χ4v) is 1.92. The van der Waals surface area contributed by atoms with Crippen molar-refractivity contribution < 1.29 is 9.53 Å². The predicted molar refractivity (Wildman–Crippen MR) is 63.6 cm³/mol. The summed E-state index contributed by atoms with van der Waals surface area (Å²) < 4.78 is 5.47. The van der Waals surface area contributed by atoms with E-state index >= 15 is 0 Å². The van der Waals surface area contributed by atoms with E-state index in [1.807, 2.05) is 45.0 Å². The molecular weight excluding hydrogens is 202 g/mol. The van der Waals surface area contributed by atoms with Gasteiger partial charge in [0.15, 0.2) is 0 Å². The molecule has 0 unspecified atom stereocenters. The fourth-order valence-electron chi connectivity index (χ4n) is 1.92. The quantitative estimate of drug-likeness (QED) is 0.724. The molecule has 0 saturated carbocycles. The van der Waals surface area contributed by atoms with Gasteiger partial charge in [-0.2, -0.15) is 0 Å². The molecule has 0 atom stereocenters. The highest BCUT2D eigenvalue weighted by Crippen LogP contribution is 2.24. The van der Waals surface area contributed by atoms with Crippen LogP contribution in [0.4, 0.5) is 5.69 Å². The molecule has 1 aliphatic heterocycles. The molecule has 3 nitrogen and oxygen atoms in total. The van der Waals surface area contributed by atoms with Crippen molar-refractivity contribution in [3.8, 4) is 0 Å². The Kier molecular flexibility index (Phi) is 2.72. The molecule has 0 bridgehead atoms. The number of morpholine rings is 1. The molecule has 1 heterocycles. The van der Waals surface area contributed by atoms with Crippen molar-refractivity contribution in [2.45, 2.75) is 26.4 Å². The molecule has 0 aromatic heterocycles. The Labute approximate surface area is 96.0 Å². The third-order valence-electron chi connectivity index (χ3n) is 2.85. The number of carbonyl (C=O) groups excluding carboxylic acids is 1. The number of anilines is 1. The van der Waals surface area contributed by atoms with Gasteiger partial charge in [-0.1, -0.05) is 12.1 Å². The molecule has 1 aliphatic rings. The van der Waals surface area contributed by atoms with Crippen LogP contribution in [-0.2, 0) is 9.53 Å². The van der Waals surface area contributed by atoms with Crippen LogP contribution in [-0.4, -0.2) is 24.7 Å². The second-order valence-electron chi connectivity index (χ2n) is 4.65. The second kappa shape index (κ2) is 3.91. The zero-order valence-electron chi connectivity index (χ0n) is 9.99. The van der Waals surface area contributed by atoms with Gasteiger partial charge in [-0.05, 0) is 38.5 Å². The first kappa shape index (κ1) is 11.1. The van der Waals surface area contributed by atoms with Gasteiger partial charge in [0.1, 0.15) is 5.60 Å². The third-order valence-corrected chi connectivity index (χ3v) is 2.85. The van der Waals surface area contributed by atoms with Crippen LogP contribution in [0.1, 0.15) is 19.4 Å². The summed E-state index contributed by atoms with van der Waals surface area (Å²) in [6, 6.07) is 7.99. The zero-order chi connectivity index (χ0) is 11.8. The minimum Gasteiger partial charge on any atom is -0.364 e. The van der Waals surface area contributed by atoms with Crippen molar-refractivity contribution >= 4 is 11.6 Å². The molecule has 0 N–H and O–H groups in total. The number of benzene rings is 1. The van der Waals surface area contributed by atoms with Gasteiger partial charge in [-0.15, -0.1) is 0 Å². The minimum atomic E-state index is -0.706. The summed E-state index contributed by atoms with van der Waals surface area (Å²) in [5.41, 5.74) is 1.41. The monoisotopic (exact) mass is 219 g/mol. The predicted octanol–water partition coefficient (Wildman–Crippen LogP) is 2.14. The molecule has 3 heteroatoms. The van der Waals surface area contributed by atoms with Gasteiger partial charge in [0, 0.05) is 12.2 Å². The van der Waals surface area contributed by atoms with Crippen LogP contribution in [0.3, 0.4) is 0 Å². The van der Waals surface area contributed by atoms with E-state index in [9.17, 15) is 4.79 Å². The van der Waals surface area contributed by atoms with Crippen LogP contribution >= 0.6 is 0 Å². The molecule has 0 spiro atoms. The highest BCUT2D eigenvalue weighted by molar-refractivity contribution is 5.99. The number of hydrogen-bond acceptors (Lipinski definition) is 2. The van der Waals surface area contributed by atoms with Gasteiger partial charge >= 0.3 is 0 Å². The van der Waals surface area contributed by atoms with E-state index in [4.69, 9.17) is 4.74 Å². The average molecular weight is 219 g/mol. The van der Waals surface area contributed by atoms with Gasteiger partial charge in [0.05, 0.1) is 6.61 Å². The molecule has 16 heavy (non-hydrogen) atoms.